The van der Waals surface area contributed by atoms with E-state index >= 15 is 0 Å². The molecular formula is C11H13N3S. The van der Waals surface area contributed by atoms with Crippen LogP contribution >= 0.6 is 11.5 Å². The molecular weight excluding hydrogens is 206 g/mol. The summed E-state index contributed by atoms with van der Waals surface area (Å²) in [6.07, 6.45) is 0. The van der Waals surface area contributed by atoms with Gasteiger partial charge in [-0.05, 0) is 24.0 Å². The molecule has 0 saturated heterocycles. The van der Waals surface area contributed by atoms with Crippen molar-refractivity contribution in [1.29, 1.82) is 0 Å². The molecule has 0 aliphatic carbocycles. The fourth-order valence-electron chi connectivity index (χ4n) is 1.38. The van der Waals surface area contributed by atoms with Gasteiger partial charge in [0.15, 0.2) is 0 Å². The van der Waals surface area contributed by atoms with E-state index in [0.29, 0.717) is 6.04 Å². The summed E-state index contributed by atoms with van der Waals surface area (Å²) >= 11 is 1.39. The smallest absolute Gasteiger partial charge is 0.0893 e. The first kappa shape index (κ1) is 10.3. The summed E-state index contributed by atoms with van der Waals surface area (Å²) in [6, 6.07) is 10.7. The maximum absolute atomic E-state index is 3.99. The van der Waals surface area contributed by atoms with Gasteiger partial charge in [0.1, 0.15) is 0 Å². The van der Waals surface area contributed by atoms with Crippen molar-refractivity contribution in [2.75, 3.05) is 0 Å². The zero-order valence-electron chi connectivity index (χ0n) is 8.55. The van der Waals surface area contributed by atoms with Gasteiger partial charge < -0.3 is 5.32 Å². The fourth-order valence-corrected chi connectivity index (χ4v) is 1.83. The Morgan fingerprint density at radius 3 is 2.80 bits per heavy atom. The van der Waals surface area contributed by atoms with Crippen molar-refractivity contribution in [3.05, 3.63) is 47.0 Å². The molecule has 78 valence electrons. The minimum absolute atomic E-state index is 0.341. The molecule has 0 amide bonds. The van der Waals surface area contributed by atoms with Crippen molar-refractivity contribution < 1.29 is 0 Å². The number of aromatic nitrogens is 2. The molecule has 1 aromatic carbocycles. The molecule has 0 spiro atoms. The second kappa shape index (κ2) is 5.00. The SMILES string of the molecule is C[C@H](NCc1csnn1)c1ccccc1. The van der Waals surface area contributed by atoms with Gasteiger partial charge in [0, 0.05) is 18.0 Å². The number of hydrogen-bond donors (Lipinski definition) is 1. The number of benzene rings is 1. The predicted molar refractivity (Wildman–Crippen MR) is 61.6 cm³/mol. The van der Waals surface area contributed by atoms with Gasteiger partial charge in [0.25, 0.3) is 0 Å². The third-order valence-electron chi connectivity index (χ3n) is 2.29. The summed E-state index contributed by atoms with van der Waals surface area (Å²) in [5.41, 5.74) is 2.29. The second-order valence-corrected chi connectivity index (χ2v) is 4.02. The van der Waals surface area contributed by atoms with Crippen LogP contribution in [0.15, 0.2) is 35.7 Å². The minimum Gasteiger partial charge on any atom is -0.304 e. The molecule has 2 rings (SSSR count). The molecule has 0 aliphatic rings. The lowest BCUT2D eigenvalue weighted by atomic mass is 10.1. The largest absolute Gasteiger partial charge is 0.304 e. The van der Waals surface area contributed by atoms with Gasteiger partial charge in [-0.2, -0.15) is 0 Å². The van der Waals surface area contributed by atoms with Crippen molar-refractivity contribution in [2.24, 2.45) is 0 Å². The molecule has 0 bridgehead atoms. The Labute approximate surface area is 93.3 Å². The molecule has 0 unspecified atom stereocenters. The van der Waals surface area contributed by atoms with Crippen molar-refractivity contribution in [3.63, 3.8) is 0 Å². The first-order valence-electron chi connectivity index (χ1n) is 4.90. The lowest BCUT2D eigenvalue weighted by molar-refractivity contribution is 0.567. The summed E-state index contributed by atoms with van der Waals surface area (Å²) < 4.78 is 3.82. The van der Waals surface area contributed by atoms with E-state index in [-0.39, 0.29) is 0 Å². The Kier molecular flexibility index (Phi) is 3.42. The molecule has 2 aromatic rings. The molecule has 0 aliphatic heterocycles. The third kappa shape index (κ3) is 2.84. The molecule has 0 radical (unpaired) electrons. The highest BCUT2D eigenvalue weighted by Crippen LogP contribution is 2.11. The quantitative estimate of drug-likeness (QED) is 0.858. The molecule has 0 fully saturated rings. The van der Waals surface area contributed by atoms with Crippen molar-refractivity contribution in [2.45, 2.75) is 19.5 Å². The fraction of sp³-hybridized carbons (Fsp3) is 0.273. The Morgan fingerprint density at radius 1 is 1.33 bits per heavy atom. The van der Waals surface area contributed by atoms with Crippen LogP contribution in [0.25, 0.3) is 0 Å². The molecule has 1 N–H and O–H groups in total. The standard InChI is InChI=1S/C11H13N3S/c1-9(10-5-3-2-4-6-10)12-7-11-8-15-14-13-11/h2-6,8-9,12H,7H2,1H3/t9-/m0/s1. The molecule has 4 heteroatoms. The van der Waals surface area contributed by atoms with E-state index in [1.807, 2.05) is 11.4 Å². The lowest BCUT2D eigenvalue weighted by Crippen LogP contribution is -2.18. The molecule has 1 heterocycles. The minimum atomic E-state index is 0.341. The van der Waals surface area contributed by atoms with E-state index in [0.717, 1.165) is 12.2 Å². The Balaban J connectivity index is 1.90. The van der Waals surface area contributed by atoms with Gasteiger partial charge in [-0.3, -0.25) is 0 Å². The zero-order valence-corrected chi connectivity index (χ0v) is 9.37. The van der Waals surface area contributed by atoms with Crippen molar-refractivity contribution in [3.8, 4) is 0 Å². The summed E-state index contributed by atoms with van der Waals surface area (Å²) in [7, 11) is 0. The van der Waals surface area contributed by atoms with E-state index in [4.69, 9.17) is 0 Å². The maximum atomic E-state index is 3.99. The van der Waals surface area contributed by atoms with E-state index in [9.17, 15) is 0 Å². The molecule has 1 aromatic heterocycles. The number of rotatable bonds is 4. The predicted octanol–water partition coefficient (Wildman–Crippen LogP) is 2.39. The van der Waals surface area contributed by atoms with Crippen molar-refractivity contribution in [1.82, 2.24) is 14.9 Å². The summed E-state index contributed by atoms with van der Waals surface area (Å²) in [6.45, 7) is 2.92. The molecule has 1 atom stereocenters. The van der Waals surface area contributed by atoms with Gasteiger partial charge in [-0.15, -0.1) is 5.10 Å². The van der Waals surface area contributed by atoms with Crippen LogP contribution in [-0.2, 0) is 6.54 Å². The van der Waals surface area contributed by atoms with Crippen LogP contribution in [0.1, 0.15) is 24.2 Å². The average Bonchev–Trinajstić information content (AvgIpc) is 2.80. The van der Waals surface area contributed by atoms with Crippen molar-refractivity contribution >= 4 is 11.5 Å². The van der Waals surface area contributed by atoms with Gasteiger partial charge in [0.2, 0.25) is 0 Å². The number of hydrogen-bond acceptors (Lipinski definition) is 4. The van der Waals surface area contributed by atoms with Gasteiger partial charge in [-0.1, -0.05) is 34.8 Å². The highest BCUT2D eigenvalue weighted by Gasteiger charge is 2.04. The highest BCUT2D eigenvalue weighted by atomic mass is 32.1. The van der Waals surface area contributed by atoms with E-state index < -0.39 is 0 Å². The van der Waals surface area contributed by atoms with Crippen LogP contribution in [0, 0.1) is 0 Å². The Morgan fingerprint density at radius 2 is 2.13 bits per heavy atom. The number of nitrogens with one attached hydrogen (secondary N) is 1. The Bertz CT molecular complexity index is 385. The lowest BCUT2D eigenvalue weighted by Gasteiger charge is -2.12. The number of nitrogens with zero attached hydrogens (tertiary/aromatic N) is 2. The highest BCUT2D eigenvalue weighted by molar-refractivity contribution is 7.03. The molecule has 0 saturated carbocycles. The third-order valence-corrected chi connectivity index (χ3v) is 2.85. The average molecular weight is 219 g/mol. The van der Waals surface area contributed by atoms with E-state index in [2.05, 4.69) is 46.1 Å². The summed E-state index contributed by atoms with van der Waals surface area (Å²) in [4.78, 5) is 0. The van der Waals surface area contributed by atoms with Crippen LogP contribution in [0.2, 0.25) is 0 Å². The molecule has 3 nitrogen and oxygen atoms in total. The van der Waals surface area contributed by atoms with Gasteiger partial charge in [0.05, 0.1) is 5.69 Å². The second-order valence-electron chi connectivity index (χ2n) is 3.41. The first-order valence-corrected chi connectivity index (χ1v) is 5.74. The Hall–Kier alpha value is -1.26. The van der Waals surface area contributed by atoms with Crippen LogP contribution in [-0.4, -0.2) is 9.59 Å². The topological polar surface area (TPSA) is 37.8 Å². The van der Waals surface area contributed by atoms with Crippen LogP contribution < -0.4 is 5.32 Å². The normalized spacial score (nSPS) is 12.6. The summed E-state index contributed by atoms with van der Waals surface area (Å²) in [5.74, 6) is 0. The van der Waals surface area contributed by atoms with Crippen LogP contribution in [0.5, 0.6) is 0 Å². The zero-order chi connectivity index (χ0) is 10.5. The van der Waals surface area contributed by atoms with Crippen LogP contribution in [0.3, 0.4) is 0 Å². The van der Waals surface area contributed by atoms with E-state index in [1.165, 1.54) is 17.1 Å². The first-order chi connectivity index (χ1) is 7.36. The summed E-state index contributed by atoms with van der Waals surface area (Å²) in [5, 5.41) is 9.36. The van der Waals surface area contributed by atoms with E-state index in [1.54, 1.807) is 0 Å². The molecule has 15 heavy (non-hydrogen) atoms. The van der Waals surface area contributed by atoms with Gasteiger partial charge >= 0.3 is 0 Å². The van der Waals surface area contributed by atoms with Gasteiger partial charge in [-0.25, -0.2) is 0 Å². The van der Waals surface area contributed by atoms with Crippen LogP contribution in [0.4, 0.5) is 0 Å². The monoisotopic (exact) mass is 219 g/mol. The maximum Gasteiger partial charge on any atom is 0.0893 e.